The van der Waals surface area contributed by atoms with Crippen LogP contribution in [0.25, 0.3) is 5.69 Å². The first-order valence-corrected chi connectivity index (χ1v) is 10.8. The Morgan fingerprint density at radius 3 is 2.45 bits per heavy atom. The van der Waals surface area contributed by atoms with Crippen LogP contribution in [0.2, 0.25) is 5.02 Å². The highest BCUT2D eigenvalue weighted by atomic mass is 35.5. The van der Waals surface area contributed by atoms with Gasteiger partial charge in [-0.15, -0.1) is 5.10 Å². The second kappa shape index (κ2) is 9.49. The summed E-state index contributed by atoms with van der Waals surface area (Å²) < 4.78 is 6.92. The van der Waals surface area contributed by atoms with Gasteiger partial charge in [-0.25, -0.2) is 9.67 Å². The third-order valence-electron chi connectivity index (χ3n) is 5.58. The van der Waals surface area contributed by atoms with Crippen LogP contribution in [0, 0.1) is 6.92 Å². The molecule has 2 heterocycles. The number of aryl methyl sites for hydroxylation is 1. The fourth-order valence-corrected chi connectivity index (χ4v) is 4.04. The molecule has 1 aliphatic heterocycles. The van der Waals surface area contributed by atoms with Crippen molar-refractivity contribution < 1.29 is 9.53 Å². The van der Waals surface area contributed by atoms with Crippen molar-refractivity contribution in [2.24, 2.45) is 0 Å². The van der Waals surface area contributed by atoms with Gasteiger partial charge in [-0.05, 0) is 74.8 Å². The second-order valence-electron chi connectivity index (χ2n) is 7.61. The van der Waals surface area contributed by atoms with Crippen LogP contribution in [0.1, 0.15) is 40.9 Å². The summed E-state index contributed by atoms with van der Waals surface area (Å²) in [6.45, 7) is 4.35. The number of nitrogens with one attached hydrogen (secondary N) is 1. The lowest BCUT2D eigenvalue weighted by Crippen LogP contribution is -2.37. The van der Waals surface area contributed by atoms with Gasteiger partial charge < -0.3 is 10.1 Å². The Hall–Kier alpha value is -2.90. The SMILES string of the molecule is COc1ccc(C(CNC(=O)c2nc(C)n(-c3ccc(Cl)cc3)n2)N2CCCC2)cc1. The molecule has 1 fully saturated rings. The van der Waals surface area contributed by atoms with Gasteiger partial charge in [0.1, 0.15) is 11.6 Å². The largest absolute Gasteiger partial charge is 0.497 e. The number of hydrogen-bond donors (Lipinski definition) is 1. The van der Waals surface area contributed by atoms with E-state index in [1.54, 1.807) is 23.9 Å². The maximum atomic E-state index is 12.8. The number of rotatable bonds is 7. The smallest absolute Gasteiger partial charge is 0.291 e. The number of likely N-dealkylation sites (tertiary alicyclic amines) is 1. The summed E-state index contributed by atoms with van der Waals surface area (Å²) in [6, 6.07) is 15.4. The molecule has 1 aromatic heterocycles. The molecule has 0 bridgehead atoms. The fourth-order valence-electron chi connectivity index (χ4n) is 3.92. The first-order chi connectivity index (χ1) is 15.0. The van der Waals surface area contributed by atoms with E-state index in [0.717, 1.165) is 30.1 Å². The van der Waals surface area contributed by atoms with Crippen LogP contribution < -0.4 is 10.1 Å². The zero-order valence-electron chi connectivity index (χ0n) is 17.7. The molecule has 4 rings (SSSR count). The second-order valence-corrected chi connectivity index (χ2v) is 8.05. The van der Waals surface area contributed by atoms with Crippen LogP contribution in [0.4, 0.5) is 0 Å². The van der Waals surface area contributed by atoms with Gasteiger partial charge in [0.15, 0.2) is 0 Å². The Balaban J connectivity index is 1.48. The number of methoxy groups -OCH3 is 1. The molecule has 31 heavy (non-hydrogen) atoms. The Labute approximate surface area is 187 Å². The van der Waals surface area contributed by atoms with Crippen molar-refractivity contribution in [2.45, 2.75) is 25.8 Å². The van der Waals surface area contributed by atoms with E-state index in [1.807, 2.05) is 31.2 Å². The molecule has 8 heteroatoms. The average Bonchev–Trinajstić information content (AvgIpc) is 3.45. The minimum Gasteiger partial charge on any atom is -0.497 e. The summed E-state index contributed by atoms with van der Waals surface area (Å²) in [5.74, 6) is 1.33. The molecule has 7 nitrogen and oxygen atoms in total. The summed E-state index contributed by atoms with van der Waals surface area (Å²) in [4.78, 5) is 19.6. The Morgan fingerprint density at radius 2 is 1.81 bits per heavy atom. The molecule has 1 aliphatic rings. The van der Waals surface area contributed by atoms with E-state index in [-0.39, 0.29) is 17.8 Å². The quantitative estimate of drug-likeness (QED) is 0.606. The van der Waals surface area contributed by atoms with E-state index in [1.165, 1.54) is 12.8 Å². The van der Waals surface area contributed by atoms with Gasteiger partial charge in [0, 0.05) is 11.6 Å². The number of nitrogens with zero attached hydrogens (tertiary/aromatic N) is 4. The summed E-state index contributed by atoms with van der Waals surface area (Å²) in [5.41, 5.74) is 1.96. The number of halogens is 1. The van der Waals surface area contributed by atoms with Gasteiger partial charge in [-0.3, -0.25) is 9.69 Å². The van der Waals surface area contributed by atoms with Gasteiger partial charge in [0.2, 0.25) is 5.82 Å². The summed E-state index contributed by atoms with van der Waals surface area (Å²) in [6.07, 6.45) is 2.35. The number of benzene rings is 2. The molecular formula is C23H26ClN5O2. The number of amides is 1. The molecule has 0 saturated carbocycles. The van der Waals surface area contributed by atoms with Crippen molar-refractivity contribution in [3.8, 4) is 11.4 Å². The van der Waals surface area contributed by atoms with E-state index >= 15 is 0 Å². The molecule has 1 atom stereocenters. The Morgan fingerprint density at radius 1 is 1.13 bits per heavy atom. The number of carbonyl (C=O) groups is 1. The van der Waals surface area contributed by atoms with Crippen molar-refractivity contribution in [1.29, 1.82) is 0 Å². The van der Waals surface area contributed by atoms with E-state index in [0.29, 0.717) is 17.4 Å². The topological polar surface area (TPSA) is 72.3 Å². The first-order valence-electron chi connectivity index (χ1n) is 10.4. The molecule has 0 radical (unpaired) electrons. The highest BCUT2D eigenvalue weighted by Crippen LogP contribution is 2.26. The van der Waals surface area contributed by atoms with Gasteiger partial charge in [-0.1, -0.05) is 23.7 Å². The minimum atomic E-state index is -0.284. The third-order valence-corrected chi connectivity index (χ3v) is 5.83. The third kappa shape index (κ3) is 4.89. The molecule has 1 N–H and O–H groups in total. The van der Waals surface area contributed by atoms with Crippen molar-refractivity contribution >= 4 is 17.5 Å². The fraction of sp³-hybridized carbons (Fsp3) is 0.348. The predicted molar refractivity (Wildman–Crippen MR) is 120 cm³/mol. The normalized spacial score (nSPS) is 15.1. The van der Waals surface area contributed by atoms with Crippen molar-refractivity contribution in [3.63, 3.8) is 0 Å². The van der Waals surface area contributed by atoms with Gasteiger partial charge in [0.25, 0.3) is 5.91 Å². The van der Waals surface area contributed by atoms with Crippen LogP contribution in [0.3, 0.4) is 0 Å². The Kier molecular flexibility index (Phi) is 6.53. The monoisotopic (exact) mass is 439 g/mol. The lowest BCUT2D eigenvalue weighted by molar-refractivity contribution is 0.0927. The Bertz CT molecular complexity index is 1030. The van der Waals surface area contributed by atoms with Gasteiger partial charge in [0.05, 0.1) is 18.8 Å². The van der Waals surface area contributed by atoms with Crippen LogP contribution in [-0.4, -0.2) is 52.3 Å². The maximum absolute atomic E-state index is 12.8. The number of aromatic nitrogens is 3. The van der Waals surface area contributed by atoms with Crippen LogP contribution in [-0.2, 0) is 0 Å². The molecule has 0 aliphatic carbocycles. The average molecular weight is 440 g/mol. The van der Waals surface area contributed by atoms with Crippen molar-refractivity contribution in [1.82, 2.24) is 25.0 Å². The highest BCUT2D eigenvalue weighted by Gasteiger charge is 2.25. The summed E-state index contributed by atoms with van der Waals surface area (Å²) in [5, 5.41) is 8.08. The number of carbonyl (C=O) groups excluding carboxylic acids is 1. The van der Waals surface area contributed by atoms with E-state index in [2.05, 4.69) is 32.4 Å². The maximum Gasteiger partial charge on any atom is 0.291 e. The van der Waals surface area contributed by atoms with E-state index in [9.17, 15) is 4.79 Å². The first kappa shape index (κ1) is 21.3. The summed E-state index contributed by atoms with van der Waals surface area (Å²) in [7, 11) is 1.66. The minimum absolute atomic E-state index is 0.0943. The molecule has 0 spiro atoms. The van der Waals surface area contributed by atoms with E-state index in [4.69, 9.17) is 16.3 Å². The molecular weight excluding hydrogens is 414 g/mol. The predicted octanol–water partition coefficient (Wildman–Crippen LogP) is 3.80. The molecule has 1 amide bonds. The van der Waals surface area contributed by atoms with Crippen LogP contribution in [0.15, 0.2) is 48.5 Å². The van der Waals surface area contributed by atoms with Crippen LogP contribution in [0.5, 0.6) is 5.75 Å². The molecule has 1 unspecified atom stereocenters. The number of ether oxygens (including phenoxy) is 1. The van der Waals surface area contributed by atoms with Gasteiger partial charge >= 0.3 is 0 Å². The van der Waals surface area contributed by atoms with Crippen molar-refractivity contribution in [3.05, 3.63) is 70.8 Å². The lowest BCUT2D eigenvalue weighted by atomic mass is 10.1. The van der Waals surface area contributed by atoms with E-state index < -0.39 is 0 Å². The van der Waals surface area contributed by atoms with Gasteiger partial charge in [-0.2, -0.15) is 0 Å². The molecule has 3 aromatic rings. The standard InChI is InChI=1S/C23H26ClN5O2/c1-16-26-22(27-29(16)19-9-7-18(24)8-10-19)23(30)25-15-21(28-13-3-4-14-28)17-5-11-20(31-2)12-6-17/h5-12,21H,3-4,13-15H2,1-2H3,(H,25,30). The van der Waals surface area contributed by atoms with Crippen LogP contribution >= 0.6 is 11.6 Å². The zero-order valence-corrected chi connectivity index (χ0v) is 18.5. The molecule has 1 saturated heterocycles. The number of hydrogen-bond acceptors (Lipinski definition) is 5. The molecule has 162 valence electrons. The summed E-state index contributed by atoms with van der Waals surface area (Å²) >= 11 is 5.97. The zero-order chi connectivity index (χ0) is 21.8. The lowest BCUT2D eigenvalue weighted by Gasteiger charge is -2.28. The van der Waals surface area contributed by atoms with Crippen molar-refractivity contribution in [2.75, 3.05) is 26.7 Å². The highest BCUT2D eigenvalue weighted by molar-refractivity contribution is 6.30. The molecule has 2 aromatic carbocycles.